The molecule has 3 atom stereocenters. The van der Waals surface area contributed by atoms with Gasteiger partial charge in [0, 0.05) is 35.8 Å². The largest absolute Gasteiger partial charge is 0.497 e. The molecule has 3 heterocycles. The van der Waals surface area contributed by atoms with E-state index in [-0.39, 0.29) is 29.8 Å². The van der Waals surface area contributed by atoms with Crippen LogP contribution in [0.4, 0.5) is 5.69 Å². The number of thioether (sulfide) groups is 1. The second-order valence-electron chi connectivity index (χ2n) is 8.83. The van der Waals surface area contributed by atoms with Crippen LogP contribution in [0.3, 0.4) is 0 Å². The molecular formula is C25H28N4O5S. The molecule has 3 N–H and O–H groups in total. The van der Waals surface area contributed by atoms with E-state index in [0.29, 0.717) is 42.1 Å². The summed E-state index contributed by atoms with van der Waals surface area (Å²) in [5, 5.41) is 9.16. The van der Waals surface area contributed by atoms with Crippen molar-refractivity contribution in [3.8, 4) is 22.6 Å². The summed E-state index contributed by atoms with van der Waals surface area (Å²) >= 11 is 1.69. The van der Waals surface area contributed by atoms with Crippen LogP contribution >= 0.6 is 11.8 Å². The fraction of sp³-hybridized carbons (Fsp3) is 0.400. The Balaban J connectivity index is 1.38. The number of amides is 3. The molecule has 184 valence electrons. The number of carbonyl (C=O) groups is 3. The number of anilines is 1. The molecule has 0 unspecified atom stereocenters. The predicted octanol–water partition coefficient (Wildman–Crippen LogP) is 2.07. The first-order valence-electron chi connectivity index (χ1n) is 11.6. The zero-order valence-corrected chi connectivity index (χ0v) is 20.4. The van der Waals surface area contributed by atoms with Gasteiger partial charge in [-0.25, -0.2) is 0 Å². The van der Waals surface area contributed by atoms with Crippen LogP contribution in [0.2, 0.25) is 0 Å². The number of nitrogens with zero attached hydrogens (tertiary/aromatic N) is 1. The van der Waals surface area contributed by atoms with Gasteiger partial charge in [-0.3, -0.25) is 19.7 Å². The highest BCUT2D eigenvalue weighted by atomic mass is 32.2. The number of rotatable bonds is 5. The van der Waals surface area contributed by atoms with E-state index in [0.717, 1.165) is 22.8 Å². The lowest BCUT2D eigenvalue weighted by atomic mass is 9.95. The number of benzene rings is 2. The van der Waals surface area contributed by atoms with Crippen molar-refractivity contribution in [1.82, 2.24) is 15.5 Å². The third-order valence-corrected chi connectivity index (χ3v) is 7.71. The maximum absolute atomic E-state index is 13.6. The number of hydrogen-bond acceptors (Lipinski definition) is 7. The second kappa shape index (κ2) is 9.79. The van der Waals surface area contributed by atoms with Gasteiger partial charge in [-0.2, -0.15) is 0 Å². The second-order valence-corrected chi connectivity index (χ2v) is 9.86. The average molecular weight is 497 g/mol. The first kappa shape index (κ1) is 23.5. The van der Waals surface area contributed by atoms with Crippen molar-refractivity contribution >= 4 is 35.2 Å². The van der Waals surface area contributed by atoms with E-state index in [1.165, 1.54) is 0 Å². The van der Waals surface area contributed by atoms with Crippen LogP contribution in [0.25, 0.3) is 11.1 Å². The Kier molecular flexibility index (Phi) is 6.57. The predicted molar refractivity (Wildman–Crippen MR) is 134 cm³/mol. The maximum Gasteiger partial charge on any atom is 0.256 e. The number of fused-ring (bicyclic) bond motifs is 2. The summed E-state index contributed by atoms with van der Waals surface area (Å²) in [5.74, 6) is 2.32. The minimum Gasteiger partial charge on any atom is -0.497 e. The highest BCUT2D eigenvalue weighted by Gasteiger charge is 2.40. The molecule has 2 saturated heterocycles. The average Bonchev–Trinajstić information content (AvgIpc) is 3.40. The topological polar surface area (TPSA) is 109 Å². The Bertz CT molecular complexity index is 1170. The van der Waals surface area contributed by atoms with Crippen molar-refractivity contribution in [2.45, 2.75) is 31.0 Å². The van der Waals surface area contributed by atoms with Crippen molar-refractivity contribution in [2.75, 3.05) is 37.7 Å². The first-order chi connectivity index (χ1) is 17.0. The molecule has 3 aliphatic heterocycles. The third-order valence-electron chi connectivity index (χ3n) is 6.77. The van der Waals surface area contributed by atoms with Crippen molar-refractivity contribution < 1.29 is 23.9 Å². The lowest BCUT2D eigenvalue weighted by Crippen LogP contribution is -2.56. The van der Waals surface area contributed by atoms with Gasteiger partial charge in [0.05, 0.1) is 31.5 Å². The molecule has 0 aliphatic carbocycles. The molecule has 10 heteroatoms. The van der Waals surface area contributed by atoms with Crippen molar-refractivity contribution in [3.05, 3.63) is 42.0 Å². The molecule has 0 spiro atoms. The van der Waals surface area contributed by atoms with Gasteiger partial charge in [0.25, 0.3) is 5.91 Å². The lowest BCUT2D eigenvalue weighted by molar-refractivity contribution is -0.125. The lowest BCUT2D eigenvalue weighted by Gasteiger charge is -2.37. The van der Waals surface area contributed by atoms with E-state index >= 15 is 0 Å². The monoisotopic (exact) mass is 496 g/mol. The van der Waals surface area contributed by atoms with E-state index in [4.69, 9.17) is 9.47 Å². The van der Waals surface area contributed by atoms with Crippen molar-refractivity contribution in [3.63, 3.8) is 0 Å². The summed E-state index contributed by atoms with van der Waals surface area (Å²) in [6.07, 6.45) is 0.985. The van der Waals surface area contributed by atoms with Gasteiger partial charge in [0.2, 0.25) is 11.8 Å². The molecule has 0 bridgehead atoms. The molecule has 2 aromatic carbocycles. The SMILES string of the molecule is COc1ccc(-c2ccc3c(c2)C(=O)N2CC[C@H](NC(=O)[C@H]4CSCN4)C[C@H]2C(=O)N3)c(OC)c1. The highest BCUT2D eigenvalue weighted by Crippen LogP contribution is 2.37. The fourth-order valence-electron chi connectivity index (χ4n) is 4.86. The Labute approximate surface area is 207 Å². The molecule has 3 amide bonds. The molecular weight excluding hydrogens is 468 g/mol. The first-order valence-corrected chi connectivity index (χ1v) is 12.7. The van der Waals surface area contributed by atoms with Gasteiger partial charge < -0.3 is 25.0 Å². The van der Waals surface area contributed by atoms with Crippen LogP contribution in [-0.2, 0) is 9.59 Å². The quantitative estimate of drug-likeness (QED) is 0.582. The molecule has 3 aliphatic rings. The molecule has 35 heavy (non-hydrogen) atoms. The Morgan fingerprint density at radius 3 is 2.71 bits per heavy atom. The third kappa shape index (κ3) is 4.55. The minimum absolute atomic E-state index is 0.0461. The van der Waals surface area contributed by atoms with Crippen LogP contribution in [-0.4, -0.2) is 73.1 Å². The van der Waals surface area contributed by atoms with Gasteiger partial charge in [-0.15, -0.1) is 11.8 Å². The number of hydrogen-bond donors (Lipinski definition) is 3. The normalized spacial score (nSPS) is 23.6. The van der Waals surface area contributed by atoms with E-state index in [9.17, 15) is 14.4 Å². The van der Waals surface area contributed by atoms with Crippen molar-refractivity contribution in [1.29, 1.82) is 0 Å². The maximum atomic E-state index is 13.6. The van der Waals surface area contributed by atoms with Crippen LogP contribution in [0.15, 0.2) is 36.4 Å². The van der Waals surface area contributed by atoms with Crippen molar-refractivity contribution in [2.24, 2.45) is 0 Å². The summed E-state index contributed by atoms with van der Waals surface area (Å²) in [6, 6.07) is 9.91. The van der Waals surface area contributed by atoms with Gasteiger partial charge in [-0.1, -0.05) is 6.07 Å². The van der Waals surface area contributed by atoms with E-state index in [2.05, 4.69) is 16.0 Å². The smallest absolute Gasteiger partial charge is 0.256 e. The summed E-state index contributed by atoms with van der Waals surface area (Å²) in [4.78, 5) is 40.9. The van der Waals surface area contributed by atoms with Crippen LogP contribution < -0.4 is 25.4 Å². The number of methoxy groups -OCH3 is 2. The molecule has 2 fully saturated rings. The van der Waals surface area contributed by atoms with Gasteiger partial charge >= 0.3 is 0 Å². The Hall–Kier alpha value is -3.24. The number of carbonyl (C=O) groups excluding carboxylic acids is 3. The number of nitrogens with one attached hydrogen (secondary N) is 3. The van der Waals surface area contributed by atoms with Gasteiger partial charge in [0.1, 0.15) is 17.5 Å². The van der Waals surface area contributed by atoms with E-state index < -0.39 is 6.04 Å². The molecule has 9 nitrogen and oxygen atoms in total. The highest BCUT2D eigenvalue weighted by molar-refractivity contribution is 7.99. The molecule has 2 aromatic rings. The minimum atomic E-state index is -0.640. The fourth-order valence-corrected chi connectivity index (χ4v) is 5.80. The molecule has 0 saturated carbocycles. The van der Waals surface area contributed by atoms with Crippen LogP contribution in [0, 0.1) is 0 Å². The van der Waals surface area contributed by atoms with Crippen LogP contribution in [0.1, 0.15) is 23.2 Å². The standard InChI is InChI=1S/C25H28N4O5S/c1-33-16-4-5-17(22(11-16)34-2)14-3-6-19-18(9-14)25(32)29-8-7-15(10-21(29)24(31)28-19)27-23(30)20-12-35-13-26-20/h3-6,9,11,15,20-21,26H,7-8,10,12-13H2,1-2H3,(H,27,30)(H,28,31)/t15-,20+,21-/m0/s1. The van der Waals surface area contributed by atoms with Gasteiger partial charge in [0.15, 0.2) is 0 Å². The number of piperidine rings is 1. The van der Waals surface area contributed by atoms with Crippen LogP contribution in [0.5, 0.6) is 11.5 Å². The summed E-state index contributed by atoms with van der Waals surface area (Å²) < 4.78 is 10.8. The molecule has 5 rings (SSSR count). The van der Waals surface area contributed by atoms with E-state index in [1.807, 2.05) is 18.2 Å². The zero-order chi connectivity index (χ0) is 24.5. The summed E-state index contributed by atoms with van der Waals surface area (Å²) in [6.45, 7) is 0.393. The van der Waals surface area contributed by atoms with E-state index in [1.54, 1.807) is 49.1 Å². The Morgan fingerprint density at radius 2 is 1.97 bits per heavy atom. The summed E-state index contributed by atoms with van der Waals surface area (Å²) in [7, 11) is 3.18. The van der Waals surface area contributed by atoms with Gasteiger partial charge in [-0.05, 0) is 42.7 Å². The summed E-state index contributed by atoms with van der Waals surface area (Å²) in [5.41, 5.74) is 2.54. The zero-order valence-electron chi connectivity index (χ0n) is 19.6. The Morgan fingerprint density at radius 1 is 1.11 bits per heavy atom. The number of ether oxygens (including phenoxy) is 2. The molecule has 0 aromatic heterocycles. The molecule has 0 radical (unpaired) electrons.